The quantitative estimate of drug-likeness (QED) is 0.0387. The first-order valence-corrected chi connectivity index (χ1v) is 40.3. The highest BCUT2D eigenvalue weighted by atomic mass is 35.5. The molecule has 7 aliphatic heterocycles. The number of hydrogen-bond donors (Lipinski definition) is 21. The van der Waals surface area contributed by atoms with Crippen LogP contribution in [0.3, 0.4) is 0 Å². The topological polar surface area (TPSA) is 592 Å². The van der Waals surface area contributed by atoms with Crippen molar-refractivity contribution in [2.45, 2.75) is 175 Å². The van der Waals surface area contributed by atoms with Gasteiger partial charge in [-0.3, -0.25) is 43.2 Å². The number of ether oxygens (including phenoxy) is 7. The lowest BCUT2D eigenvalue weighted by Crippen LogP contribution is -2.65. The van der Waals surface area contributed by atoms with E-state index in [1.807, 2.05) is 55.6 Å². The van der Waals surface area contributed by atoms with Crippen LogP contribution in [0.4, 0.5) is 0 Å². The maximum absolute atomic E-state index is 16.3. The number of carbonyl (C=O) groups is 10. The second-order valence-electron chi connectivity index (χ2n) is 31.3. The van der Waals surface area contributed by atoms with E-state index in [9.17, 15) is 80.1 Å². The van der Waals surface area contributed by atoms with Gasteiger partial charge in [0.1, 0.15) is 102 Å². The number of primary amides is 1. The number of aromatic hydroxyl groups is 3. The van der Waals surface area contributed by atoms with Crippen molar-refractivity contribution in [3.05, 3.63) is 177 Å². The van der Waals surface area contributed by atoms with Crippen LogP contribution in [0.2, 0.25) is 10.0 Å². The molecule has 8 amide bonds. The summed E-state index contributed by atoms with van der Waals surface area (Å²) in [5.74, 6) is -19.8. The van der Waals surface area contributed by atoms with Crippen LogP contribution in [0, 0.1) is 5.92 Å². The Morgan fingerprint density at radius 1 is 0.672 bits per heavy atom. The first-order chi connectivity index (χ1) is 59.4. The maximum Gasteiger partial charge on any atom is 0.326 e. The van der Waals surface area contributed by atoms with E-state index < -0.39 is 256 Å². The molecule has 7 aromatic carbocycles. The standard InChI is InChI=1S/C85H94Cl2N10O28/c1-36(2)24-51(89-5)76(110)96-68-70(106)43-15-21-56(50(87)26-43)122-58-28-44-27-57(73(58)125-84-74(72(108)71(107)59(34-98)123-84)124-62-33-85(4,75(109)37(3)120-62)90-22-23-119-35-38-6-8-39(9-7-38)40-10-16-45(86)17-11-40)121-47-18-12-41(13-19-47)69(105)67-82(116)95-66(80(114)92-53(83(117)118)32-61(103)104)49-29-46(99)30-55(101)63(49)48-25-42(14-20-54(48)100)64(78(112)97-67)94-79(113)65(44)93-77(111)52(31-60(88)102)91-81(68)115/h6-21,25-30,36-37,51-53,59,62,64-72,74-75,84,89-90,98-101,105-109H,22-24,31-35H2,1-5H3,(H2,88,102)(H,91,115)(H,92,114)(H,93,111)(H,94,113)(H,95,116)(H,96,110)(H,97,112)(H,103,104)(H,117,118)/t37-,51-,52-,53?,59+,62-,64?,65+,66-,67-,68?,69+,70+,71+,72-,74+,75+,84-,85-/m0/s1. The third-order valence-corrected chi connectivity index (χ3v) is 22.4. The predicted octanol–water partition coefficient (Wildman–Crippen LogP) is 2.58. The third kappa shape index (κ3) is 21.4. The smallest absolute Gasteiger partial charge is 0.326 e. The zero-order valence-electron chi connectivity index (χ0n) is 67.5. The lowest BCUT2D eigenvalue weighted by atomic mass is 9.85. The number of fused-ring (bicyclic) bond motifs is 15. The fourth-order valence-corrected chi connectivity index (χ4v) is 15.6. The molecule has 22 N–H and O–H groups in total. The number of carbonyl (C=O) groups excluding carboxylic acids is 8. The molecule has 2 saturated heterocycles. The van der Waals surface area contributed by atoms with Gasteiger partial charge in [0.15, 0.2) is 23.9 Å². The summed E-state index contributed by atoms with van der Waals surface area (Å²) in [7, 11) is 1.46. The van der Waals surface area contributed by atoms with Gasteiger partial charge in [-0.15, -0.1) is 0 Å². The number of rotatable bonds is 24. The SMILES string of the molecule is CN[C@@H](CC(C)C)C(=O)NC1C(=O)N[C@@H](CC(N)=O)C(=O)N[C@H]2C(=O)NC3C(=O)N[C@H](C(=O)N[C@H](C(=O)NC(CC(=O)O)C(=O)O)c4cc(O)cc(O)c4-c4cc3ccc4O)[C@H](O)c3ccc(cc3)Oc3cc2cc(c3O[C@@H]2O[C@H](CO)[C@@H](O)[C@H](O)[C@H]2O[C@H]2C[C@](C)(NCCOCc3ccc(-c4ccc(Cl)cc4)cc3)[C@H](O)[C@H](C)O2)Oc2ccc(cc2Cl)[C@H]1O. The summed E-state index contributed by atoms with van der Waals surface area (Å²) in [4.78, 5) is 145. The van der Waals surface area contributed by atoms with Crippen molar-refractivity contribution in [3.63, 3.8) is 0 Å². The number of nitrogens with two attached hydrogens (primary N) is 1. The van der Waals surface area contributed by atoms with Crippen LogP contribution in [0.1, 0.15) is 117 Å². The molecule has 19 atom stereocenters. The molecule has 7 aliphatic rings. The van der Waals surface area contributed by atoms with Crippen molar-refractivity contribution < 1.29 is 137 Å². The summed E-state index contributed by atoms with van der Waals surface area (Å²) in [6.07, 6.45) is -20.2. The first-order valence-electron chi connectivity index (χ1n) is 39.6. The molecule has 0 spiro atoms. The Balaban J connectivity index is 1.00. The highest BCUT2D eigenvalue weighted by molar-refractivity contribution is 6.32. The summed E-state index contributed by atoms with van der Waals surface area (Å²) >= 11 is 13.3. The monoisotopic (exact) mass is 1770 g/mol. The van der Waals surface area contributed by atoms with E-state index in [1.54, 1.807) is 26.0 Å². The minimum Gasteiger partial charge on any atom is -0.508 e. The average molecular weight is 1770 g/mol. The van der Waals surface area contributed by atoms with Crippen LogP contribution < -0.4 is 67.8 Å². The molecule has 3 unspecified atom stereocenters. The number of phenols is 3. The Kier molecular flexibility index (Phi) is 29.2. The van der Waals surface area contributed by atoms with Crippen molar-refractivity contribution in [2.24, 2.45) is 11.7 Å². The third-order valence-electron chi connectivity index (χ3n) is 21.8. The molecule has 14 rings (SSSR count). The highest BCUT2D eigenvalue weighted by Gasteiger charge is 2.52. The molecule has 11 bridgehead atoms. The Morgan fingerprint density at radius 2 is 1.32 bits per heavy atom. The van der Waals surface area contributed by atoms with E-state index >= 15 is 24.0 Å². The van der Waals surface area contributed by atoms with Crippen LogP contribution >= 0.6 is 23.2 Å². The molecule has 0 aromatic heterocycles. The molecule has 7 aromatic rings. The van der Waals surface area contributed by atoms with Gasteiger partial charge in [0.05, 0.1) is 55.9 Å². The molecule has 7 heterocycles. The van der Waals surface area contributed by atoms with Crippen LogP contribution in [0.25, 0.3) is 22.3 Å². The van der Waals surface area contributed by atoms with Gasteiger partial charge in [-0.2, -0.15) is 0 Å². The van der Waals surface area contributed by atoms with E-state index in [1.165, 1.54) is 31.3 Å². The minimum absolute atomic E-state index is 0.126. The summed E-state index contributed by atoms with van der Waals surface area (Å²) in [5.41, 5.74) is 4.11. The number of halogens is 2. The van der Waals surface area contributed by atoms with E-state index in [-0.39, 0.29) is 66.2 Å². The molecular weight excluding hydrogens is 1680 g/mol. The average Bonchev–Trinajstić information content (AvgIpc) is 0.760. The summed E-state index contributed by atoms with van der Waals surface area (Å²) in [5, 5.41) is 149. The van der Waals surface area contributed by atoms with Gasteiger partial charge in [0.2, 0.25) is 59.3 Å². The molecule has 40 heteroatoms. The Bertz CT molecular complexity index is 5210. The molecule has 2 fully saturated rings. The molecule has 666 valence electrons. The van der Waals surface area contributed by atoms with E-state index in [0.29, 0.717) is 11.1 Å². The van der Waals surface area contributed by atoms with E-state index in [4.69, 9.17) is 62.1 Å². The number of aliphatic hydroxyl groups excluding tert-OH is 6. The molecule has 125 heavy (non-hydrogen) atoms. The van der Waals surface area contributed by atoms with Crippen LogP contribution in [-0.4, -0.2) is 227 Å². The first kappa shape index (κ1) is 92.3. The normalized spacial score (nSPS) is 26.2. The lowest BCUT2D eigenvalue weighted by Gasteiger charge is -2.48. The number of nitrogens with one attached hydrogen (secondary N) is 9. The summed E-state index contributed by atoms with van der Waals surface area (Å²) in [6.45, 7) is 6.38. The van der Waals surface area contributed by atoms with Crippen LogP contribution in [0.15, 0.2) is 133 Å². The number of benzene rings is 7. The van der Waals surface area contributed by atoms with Crippen molar-refractivity contribution in [3.8, 4) is 68.2 Å². The van der Waals surface area contributed by atoms with Crippen molar-refractivity contribution in [1.29, 1.82) is 0 Å². The molecule has 38 nitrogen and oxygen atoms in total. The zero-order valence-corrected chi connectivity index (χ0v) is 69.0. The van der Waals surface area contributed by atoms with E-state index in [0.717, 1.165) is 71.3 Å². The van der Waals surface area contributed by atoms with Crippen LogP contribution in [0.5, 0.6) is 46.0 Å². The van der Waals surface area contributed by atoms with Crippen molar-refractivity contribution in [2.75, 3.05) is 26.8 Å². The molecule has 0 aliphatic carbocycles. The number of carboxylic acid groups (broad SMARTS) is 2. The number of aliphatic hydroxyl groups is 6. The number of phenolic OH excluding ortho intramolecular Hbond substituents is 3. The van der Waals surface area contributed by atoms with Crippen LogP contribution in [-0.2, 0) is 73.5 Å². The number of amides is 8. The van der Waals surface area contributed by atoms with Crippen molar-refractivity contribution >= 4 is 82.4 Å². The Hall–Kier alpha value is -11.9. The predicted molar refractivity (Wildman–Crippen MR) is 439 cm³/mol. The van der Waals surface area contributed by atoms with Crippen molar-refractivity contribution in [1.82, 2.24) is 47.9 Å². The number of carboxylic acids is 2. The maximum atomic E-state index is 16.3. The molecule has 0 radical (unpaired) electrons. The highest BCUT2D eigenvalue weighted by Crippen LogP contribution is 2.50. The second-order valence-corrected chi connectivity index (χ2v) is 32.2. The molecular formula is C85H94Cl2N10O28. The number of aliphatic carboxylic acids is 2. The van der Waals surface area contributed by atoms with Gasteiger partial charge in [0.25, 0.3) is 0 Å². The lowest BCUT2D eigenvalue weighted by molar-refractivity contribution is -0.334. The van der Waals surface area contributed by atoms with Gasteiger partial charge >= 0.3 is 11.9 Å². The van der Waals surface area contributed by atoms with Gasteiger partial charge in [0, 0.05) is 40.7 Å². The van der Waals surface area contributed by atoms with Gasteiger partial charge in [-0.25, -0.2) is 4.79 Å². The summed E-state index contributed by atoms with van der Waals surface area (Å²) < 4.78 is 45.5. The second kappa shape index (κ2) is 39.6. The number of hydrogen-bond acceptors (Lipinski definition) is 28. The van der Waals surface area contributed by atoms with E-state index in [2.05, 4.69) is 42.5 Å². The minimum atomic E-state index is -2.40. The molecule has 0 saturated carbocycles. The Labute approximate surface area is 722 Å². The van der Waals surface area contributed by atoms with Gasteiger partial charge < -0.3 is 143 Å². The van der Waals surface area contributed by atoms with Gasteiger partial charge in [-0.1, -0.05) is 97.7 Å². The largest absolute Gasteiger partial charge is 0.508 e. The summed E-state index contributed by atoms with van der Waals surface area (Å²) in [6, 6.07) is 12.9. The fourth-order valence-electron chi connectivity index (χ4n) is 15.3. The zero-order chi connectivity index (χ0) is 90.3. The number of likely N-dealkylation sites (N-methyl/N-ethyl adjacent to an activating group) is 1. The Morgan fingerprint density at radius 3 is 1.97 bits per heavy atom. The fraction of sp³-hybridized carbons (Fsp3) is 0.388. The van der Waals surface area contributed by atoms with Gasteiger partial charge in [-0.05, 0) is 144 Å².